The summed E-state index contributed by atoms with van der Waals surface area (Å²) in [5.41, 5.74) is 2.61. The number of benzene rings is 1. The van der Waals surface area contributed by atoms with Crippen LogP contribution < -0.4 is 10.1 Å². The molecular formula is C23H33NO3. The number of rotatable bonds is 9. The van der Waals surface area contributed by atoms with Gasteiger partial charge in [-0.2, -0.15) is 0 Å². The van der Waals surface area contributed by atoms with Gasteiger partial charge in [0.15, 0.2) is 6.29 Å². The number of fused-ring (bicyclic) bond motifs is 3. The van der Waals surface area contributed by atoms with Gasteiger partial charge >= 0.3 is 0 Å². The first-order chi connectivity index (χ1) is 13.3. The van der Waals surface area contributed by atoms with E-state index in [1.165, 1.54) is 30.4 Å². The maximum absolute atomic E-state index is 6.46. The molecular weight excluding hydrogens is 338 g/mol. The van der Waals surface area contributed by atoms with Gasteiger partial charge in [-0.3, -0.25) is 0 Å². The van der Waals surface area contributed by atoms with Crippen LogP contribution in [0.4, 0.5) is 0 Å². The molecule has 1 saturated carbocycles. The number of aryl methyl sites for hydroxylation is 1. The second kappa shape index (κ2) is 8.76. The number of allylic oxidation sites excluding steroid dienone is 1. The van der Waals surface area contributed by atoms with E-state index in [0.717, 1.165) is 50.4 Å². The summed E-state index contributed by atoms with van der Waals surface area (Å²) in [6, 6.07) is 6.34. The van der Waals surface area contributed by atoms with Crippen molar-refractivity contribution in [2.75, 3.05) is 20.2 Å². The second-order valence-electron chi connectivity index (χ2n) is 8.28. The molecule has 4 atom stereocenters. The Morgan fingerprint density at radius 2 is 2.19 bits per heavy atom. The molecule has 0 bridgehead atoms. The van der Waals surface area contributed by atoms with Gasteiger partial charge in [0.2, 0.25) is 0 Å². The minimum Gasteiger partial charge on any atom is -0.497 e. The van der Waals surface area contributed by atoms with Gasteiger partial charge in [-0.05, 0) is 80.8 Å². The summed E-state index contributed by atoms with van der Waals surface area (Å²) in [4.78, 5) is 0. The molecule has 3 aliphatic rings. The van der Waals surface area contributed by atoms with Crippen molar-refractivity contribution in [3.05, 3.63) is 42.0 Å². The van der Waals surface area contributed by atoms with Crippen molar-refractivity contribution in [1.29, 1.82) is 0 Å². The molecule has 1 aromatic rings. The fraction of sp³-hybridized carbons (Fsp3) is 0.652. The van der Waals surface area contributed by atoms with Crippen molar-refractivity contribution in [1.82, 2.24) is 5.32 Å². The number of nitrogens with one attached hydrogen (secondary N) is 1. The van der Waals surface area contributed by atoms with Crippen LogP contribution in [0.15, 0.2) is 30.9 Å². The van der Waals surface area contributed by atoms with Crippen LogP contribution in [-0.2, 0) is 15.9 Å². The van der Waals surface area contributed by atoms with E-state index in [9.17, 15) is 0 Å². The molecule has 0 aromatic heterocycles. The van der Waals surface area contributed by atoms with Crippen molar-refractivity contribution in [2.45, 2.75) is 63.4 Å². The first kappa shape index (κ1) is 19.0. The Labute approximate surface area is 163 Å². The monoisotopic (exact) mass is 371 g/mol. The average molecular weight is 372 g/mol. The molecule has 4 heteroatoms. The Morgan fingerprint density at radius 1 is 1.30 bits per heavy atom. The summed E-state index contributed by atoms with van der Waals surface area (Å²) in [7, 11) is 1.72. The fourth-order valence-electron chi connectivity index (χ4n) is 4.58. The first-order valence-electron chi connectivity index (χ1n) is 10.6. The Morgan fingerprint density at radius 3 is 2.93 bits per heavy atom. The largest absolute Gasteiger partial charge is 0.497 e. The Hall–Kier alpha value is -1.36. The van der Waals surface area contributed by atoms with Crippen molar-refractivity contribution in [3.8, 4) is 5.75 Å². The van der Waals surface area contributed by atoms with Gasteiger partial charge in [0.05, 0.1) is 13.2 Å². The third kappa shape index (κ3) is 4.23. The van der Waals surface area contributed by atoms with E-state index in [-0.39, 0.29) is 18.5 Å². The highest BCUT2D eigenvalue weighted by atomic mass is 16.7. The van der Waals surface area contributed by atoms with Gasteiger partial charge in [0.1, 0.15) is 11.9 Å². The molecule has 1 heterocycles. The molecule has 1 aromatic carbocycles. The smallest absolute Gasteiger partial charge is 0.162 e. The highest BCUT2D eigenvalue weighted by Crippen LogP contribution is 2.44. The van der Waals surface area contributed by atoms with E-state index in [1.54, 1.807) is 7.11 Å². The van der Waals surface area contributed by atoms with Gasteiger partial charge in [-0.1, -0.05) is 18.6 Å². The van der Waals surface area contributed by atoms with Crippen LogP contribution in [0.5, 0.6) is 5.75 Å². The van der Waals surface area contributed by atoms with Crippen molar-refractivity contribution in [3.63, 3.8) is 0 Å². The summed E-state index contributed by atoms with van der Waals surface area (Å²) in [5.74, 6) is 2.15. The molecule has 1 saturated heterocycles. The maximum Gasteiger partial charge on any atom is 0.162 e. The van der Waals surface area contributed by atoms with E-state index in [4.69, 9.17) is 14.2 Å². The number of methoxy groups -OCH3 is 1. The van der Waals surface area contributed by atoms with Gasteiger partial charge in [-0.25, -0.2) is 0 Å². The second-order valence-corrected chi connectivity index (χ2v) is 8.28. The molecule has 4 rings (SSSR count). The lowest BCUT2D eigenvalue weighted by Gasteiger charge is -2.26. The minimum atomic E-state index is -0.138. The molecule has 4 nitrogen and oxygen atoms in total. The van der Waals surface area contributed by atoms with Crippen molar-refractivity contribution < 1.29 is 14.2 Å². The van der Waals surface area contributed by atoms with Crippen LogP contribution in [0, 0.1) is 11.8 Å². The summed E-state index contributed by atoms with van der Waals surface area (Å²) < 4.78 is 18.3. The highest BCUT2D eigenvalue weighted by molar-refractivity contribution is 5.39. The molecule has 0 amide bonds. The third-order valence-electron chi connectivity index (χ3n) is 6.49. The molecule has 148 valence electrons. The number of ether oxygens (including phenoxy) is 3. The SMILES string of the molecule is C=CCC(CCNCC1CCC1)C1OC2CCc3ccc(OC)cc3C2O1. The van der Waals surface area contributed by atoms with Gasteiger partial charge in [0.25, 0.3) is 0 Å². The van der Waals surface area contributed by atoms with Gasteiger partial charge in [0, 0.05) is 5.92 Å². The first-order valence-corrected chi connectivity index (χ1v) is 10.6. The van der Waals surface area contributed by atoms with E-state index in [0.29, 0.717) is 5.92 Å². The lowest BCUT2D eigenvalue weighted by Crippen LogP contribution is -2.31. The highest BCUT2D eigenvalue weighted by Gasteiger charge is 2.43. The summed E-state index contributed by atoms with van der Waals surface area (Å²) >= 11 is 0. The van der Waals surface area contributed by atoms with Crippen LogP contribution in [0.3, 0.4) is 0 Å². The number of hydrogen-bond acceptors (Lipinski definition) is 4. The molecule has 1 N–H and O–H groups in total. The molecule has 1 aliphatic heterocycles. The van der Waals surface area contributed by atoms with E-state index in [1.807, 2.05) is 12.1 Å². The topological polar surface area (TPSA) is 39.7 Å². The Bertz CT molecular complexity index is 643. The van der Waals surface area contributed by atoms with Crippen LogP contribution in [0.2, 0.25) is 0 Å². The third-order valence-corrected chi connectivity index (χ3v) is 6.49. The standard InChI is InChI=1S/C23H33NO3/c1-3-5-18(12-13-24-15-16-6-4-7-16)23-26-21-11-9-17-8-10-19(25-2)14-20(17)22(21)27-23/h3,8,10,14,16,18,21-24H,1,4-7,9,11-13,15H2,2H3. The minimum absolute atomic E-state index is 0.0316. The maximum atomic E-state index is 6.46. The Balaban J connectivity index is 1.37. The zero-order valence-corrected chi connectivity index (χ0v) is 16.5. The van der Waals surface area contributed by atoms with E-state index in [2.05, 4.69) is 24.0 Å². The summed E-state index contributed by atoms with van der Waals surface area (Å²) in [5, 5.41) is 3.63. The van der Waals surface area contributed by atoms with Crippen LogP contribution in [-0.4, -0.2) is 32.6 Å². The predicted octanol–water partition coefficient (Wildman–Crippen LogP) is 4.40. The van der Waals surface area contributed by atoms with Gasteiger partial charge < -0.3 is 19.5 Å². The lowest BCUT2D eigenvalue weighted by atomic mass is 9.85. The molecule has 4 unspecified atom stereocenters. The Kier molecular flexibility index (Phi) is 6.16. The molecule has 2 aliphatic carbocycles. The molecule has 0 radical (unpaired) electrons. The zero-order chi connectivity index (χ0) is 18.6. The normalized spacial score (nSPS) is 28.1. The average Bonchev–Trinajstić information content (AvgIpc) is 3.09. The van der Waals surface area contributed by atoms with Crippen molar-refractivity contribution in [2.24, 2.45) is 11.8 Å². The van der Waals surface area contributed by atoms with E-state index < -0.39 is 0 Å². The number of hydrogen-bond donors (Lipinski definition) is 1. The quantitative estimate of drug-likeness (QED) is 0.516. The van der Waals surface area contributed by atoms with Gasteiger partial charge in [-0.15, -0.1) is 6.58 Å². The molecule has 2 fully saturated rings. The van der Waals surface area contributed by atoms with Crippen LogP contribution >= 0.6 is 0 Å². The zero-order valence-electron chi connectivity index (χ0n) is 16.5. The molecule has 0 spiro atoms. The summed E-state index contributed by atoms with van der Waals surface area (Å²) in [6.45, 7) is 6.14. The van der Waals surface area contributed by atoms with E-state index >= 15 is 0 Å². The lowest BCUT2D eigenvalue weighted by molar-refractivity contribution is -0.105. The van der Waals surface area contributed by atoms with Crippen LogP contribution in [0.1, 0.15) is 55.8 Å². The fourth-order valence-corrected chi connectivity index (χ4v) is 4.58. The van der Waals surface area contributed by atoms with Crippen molar-refractivity contribution >= 4 is 0 Å². The van der Waals surface area contributed by atoms with Crippen LogP contribution in [0.25, 0.3) is 0 Å². The summed E-state index contributed by atoms with van der Waals surface area (Å²) in [6.07, 6.45) is 10.3. The predicted molar refractivity (Wildman–Crippen MR) is 107 cm³/mol. The molecule has 27 heavy (non-hydrogen) atoms.